The van der Waals surface area contributed by atoms with E-state index in [9.17, 15) is 5.11 Å². The maximum Gasteiger partial charge on any atom is 0.223 e. The Morgan fingerprint density at radius 2 is 2.06 bits per heavy atom. The summed E-state index contributed by atoms with van der Waals surface area (Å²) in [6.07, 6.45) is 6.33. The SMILES string of the molecule is CC(C)n1c(C(C)(C)O)nc2c(F)cc(-c3nc(NC4CCCc5cn[nH]c54)ncc3Cl)cc21. The van der Waals surface area contributed by atoms with Gasteiger partial charge in [-0.1, -0.05) is 11.6 Å². The van der Waals surface area contributed by atoms with Crippen LogP contribution in [0.4, 0.5) is 10.3 Å². The van der Waals surface area contributed by atoms with E-state index in [2.05, 4.69) is 30.5 Å². The van der Waals surface area contributed by atoms with Crippen LogP contribution >= 0.6 is 11.6 Å². The van der Waals surface area contributed by atoms with Gasteiger partial charge in [0.05, 0.1) is 40.4 Å². The van der Waals surface area contributed by atoms with Crippen molar-refractivity contribution in [2.45, 2.75) is 64.6 Å². The van der Waals surface area contributed by atoms with E-state index in [-0.39, 0.29) is 17.6 Å². The average Bonchev–Trinajstić information content (AvgIpc) is 3.40. The lowest BCUT2D eigenvalue weighted by Crippen LogP contribution is -2.23. The average molecular weight is 484 g/mol. The standard InChI is InChI=1S/C24H27ClFN7O/c1-12(2)33-18-9-14(8-16(26)21(18)30-22(33)24(3,4)34)19-15(25)11-27-23(31-19)29-17-7-5-6-13-10-28-32-20(13)17/h8-12,17,34H,5-7H2,1-4H3,(H,28,32)(H,27,29,31). The third kappa shape index (κ3) is 3.92. The van der Waals surface area contributed by atoms with Crippen molar-refractivity contribution in [2.24, 2.45) is 0 Å². The van der Waals surface area contributed by atoms with E-state index < -0.39 is 11.4 Å². The number of hydrogen-bond acceptors (Lipinski definition) is 6. The molecule has 5 rings (SSSR count). The van der Waals surface area contributed by atoms with E-state index >= 15 is 4.39 Å². The fourth-order valence-corrected chi connectivity index (χ4v) is 4.85. The fraction of sp³-hybridized carbons (Fsp3) is 0.417. The predicted octanol–water partition coefficient (Wildman–Crippen LogP) is 5.31. The lowest BCUT2D eigenvalue weighted by Gasteiger charge is -2.23. The predicted molar refractivity (Wildman–Crippen MR) is 129 cm³/mol. The highest BCUT2D eigenvalue weighted by Crippen LogP contribution is 2.35. The van der Waals surface area contributed by atoms with Gasteiger partial charge in [-0.05, 0) is 64.7 Å². The van der Waals surface area contributed by atoms with Crippen LogP contribution in [0.3, 0.4) is 0 Å². The Kier molecular flexibility index (Phi) is 5.56. The Morgan fingerprint density at radius 1 is 1.26 bits per heavy atom. The second kappa shape index (κ2) is 8.32. The summed E-state index contributed by atoms with van der Waals surface area (Å²) in [4.78, 5) is 13.4. The van der Waals surface area contributed by atoms with E-state index in [1.165, 1.54) is 17.8 Å². The second-order valence-corrected chi connectivity index (χ2v) is 9.98. The van der Waals surface area contributed by atoms with Crippen LogP contribution in [0.15, 0.2) is 24.5 Å². The number of hydrogen-bond donors (Lipinski definition) is 3. The van der Waals surface area contributed by atoms with Gasteiger partial charge in [0.15, 0.2) is 5.82 Å². The first kappa shape index (κ1) is 22.7. The van der Waals surface area contributed by atoms with Crippen LogP contribution in [0.2, 0.25) is 5.02 Å². The van der Waals surface area contributed by atoms with Gasteiger partial charge in [0.1, 0.15) is 16.9 Å². The van der Waals surface area contributed by atoms with Crippen LogP contribution in [-0.4, -0.2) is 34.8 Å². The van der Waals surface area contributed by atoms with Gasteiger partial charge in [-0.2, -0.15) is 5.10 Å². The Morgan fingerprint density at radius 3 is 2.79 bits per heavy atom. The number of nitrogens with zero attached hydrogens (tertiary/aromatic N) is 5. The quantitative estimate of drug-likeness (QED) is 0.355. The van der Waals surface area contributed by atoms with Gasteiger partial charge >= 0.3 is 0 Å². The molecule has 0 saturated carbocycles. The summed E-state index contributed by atoms with van der Waals surface area (Å²) >= 11 is 6.47. The number of H-pyrrole nitrogens is 1. The van der Waals surface area contributed by atoms with Crippen LogP contribution in [0.5, 0.6) is 0 Å². The van der Waals surface area contributed by atoms with Crippen LogP contribution in [0.25, 0.3) is 22.3 Å². The zero-order valence-electron chi connectivity index (χ0n) is 19.5. The number of rotatable bonds is 5. The van der Waals surface area contributed by atoms with Gasteiger partial charge < -0.3 is 15.0 Å². The normalized spacial score (nSPS) is 16.3. The number of anilines is 1. The smallest absolute Gasteiger partial charge is 0.223 e. The molecule has 0 amide bonds. The summed E-state index contributed by atoms with van der Waals surface area (Å²) in [7, 11) is 0. The number of halogens is 2. The molecule has 0 fully saturated rings. The number of benzene rings is 1. The van der Waals surface area contributed by atoms with Crippen molar-refractivity contribution in [3.05, 3.63) is 52.4 Å². The molecule has 1 unspecified atom stereocenters. The molecule has 0 aliphatic heterocycles. The first-order chi connectivity index (χ1) is 16.1. The molecule has 3 aromatic heterocycles. The van der Waals surface area contributed by atoms with Crippen LogP contribution < -0.4 is 5.32 Å². The monoisotopic (exact) mass is 483 g/mol. The van der Waals surface area contributed by atoms with Crippen molar-refractivity contribution in [3.8, 4) is 11.3 Å². The van der Waals surface area contributed by atoms with Gasteiger partial charge in [0.25, 0.3) is 0 Å². The van der Waals surface area contributed by atoms with Crippen molar-refractivity contribution in [2.75, 3.05) is 5.32 Å². The van der Waals surface area contributed by atoms with E-state index in [4.69, 9.17) is 11.6 Å². The maximum absolute atomic E-state index is 15.2. The summed E-state index contributed by atoms with van der Waals surface area (Å²) in [5.41, 5.74) is 2.70. The molecule has 0 bridgehead atoms. The zero-order valence-corrected chi connectivity index (χ0v) is 20.3. The van der Waals surface area contributed by atoms with Crippen molar-refractivity contribution in [1.82, 2.24) is 29.7 Å². The minimum atomic E-state index is -1.23. The number of aryl methyl sites for hydroxylation is 1. The Bertz CT molecular complexity index is 1370. The van der Waals surface area contributed by atoms with Gasteiger partial charge in [-0.25, -0.2) is 19.3 Å². The van der Waals surface area contributed by atoms with Gasteiger partial charge in [-0.3, -0.25) is 5.10 Å². The topological polar surface area (TPSA) is 105 Å². The van der Waals surface area contributed by atoms with Crippen molar-refractivity contribution in [3.63, 3.8) is 0 Å². The highest BCUT2D eigenvalue weighted by Gasteiger charge is 2.28. The number of aromatic amines is 1. The first-order valence-electron chi connectivity index (χ1n) is 11.4. The van der Waals surface area contributed by atoms with E-state index in [0.29, 0.717) is 33.6 Å². The molecule has 34 heavy (non-hydrogen) atoms. The van der Waals surface area contributed by atoms with Crippen LogP contribution in [0.1, 0.15) is 69.7 Å². The maximum atomic E-state index is 15.2. The van der Waals surface area contributed by atoms with E-state index in [1.807, 2.05) is 30.7 Å². The minimum absolute atomic E-state index is 0.0104. The van der Waals surface area contributed by atoms with Crippen LogP contribution in [-0.2, 0) is 12.0 Å². The molecule has 0 saturated heterocycles. The van der Waals surface area contributed by atoms with Crippen molar-refractivity contribution >= 4 is 28.6 Å². The third-order valence-electron chi connectivity index (χ3n) is 6.17. The number of aromatic nitrogens is 6. The number of fused-ring (bicyclic) bond motifs is 2. The van der Waals surface area contributed by atoms with Crippen LogP contribution in [0, 0.1) is 5.82 Å². The van der Waals surface area contributed by atoms with Crippen molar-refractivity contribution in [1.29, 1.82) is 0 Å². The molecule has 3 heterocycles. The molecule has 0 spiro atoms. The molecular weight excluding hydrogens is 457 g/mol. The summed E-state index contributed by atoms with van der Waals surface area (Å²) in [6, 6.07) is 3.15. The van der Waals surface area contributed by atoms with E-state index in [1.54, 1.807) is 13.8 Å². The summed E-state index contributed by atoms with van der Waals surface area (Å²) in [5, 5.41) is 21.5. The molecule has 1 aliphatic carbocycles. The lowest BCUT2D eigenvalue weighted by molar-refractivity contribution is 0.0641. The van der Waals surface area contributed by atoms with Gasteiger partial charge in [-0.15, -0.1) is 0 Å². The molecule has 0 radical (unpaired) electrons. The molecule has 4 aromatic rings. The molecule has 10 heteroatoms. The highest BCUT2D eigenvalue weighted by molar-refractivity contribution is 6.33. The summed E-state index contributed by atoms with van der Waals surface area (Å²) in [5.74, 6) is 0.301. The third-order valence-corrected chi connectivity index (χ3v) is 6.45. The summed E-state index contributed by atoms with van der Waals surface area (Å²) < 4.78 is 17.1. The summed E-state index contributed by atoms with van der Waals surface area (Å²) in [6.45, 7) is 7.21. The Labute approximate surface area is 201 Å². The Hall–Kier alpha value is -3.04. The molecule has 1 aliphatic rings. The van der Waals surface area contributed by atoms with E-state index in [0.717, 1.165) is 25.0 Å². The highest BCUT2D eigenvalue weighted by atomic mass is 35.5. The molecule has 8 nitrogen and oxygen atoms in total. The molecular formula is C24H27ClFN7O. The first-order valence-corrected chi connectivity index (χ1v) is 11.8. The number of nitrogens with one attached hydrogen (secondary N) is 2. The molecule has 178 valence electrons. The molecule has 1 atom stereocenters. The largest absolute Gasteiger partial charge is 0.383 e. The second-order valence-electron chi connectivity index (χ2n) is 9.57. The van der Waals surface area contributed by atoms with Crippen molar-refractivity contribution < 1.29 is 9.50 Å². The van der Waals surface area contributed by atoms with Gasteiger partial charge in [0, 0.05) is 11.6 Å². The Balaban J connectivity index is 1.58. The zero-order chi connectivity index (χ0) is 24.2. The minimum Gasteiger partial charge on any atom is -0.383 e. The number of aliphatic hydroxyl groups is 1. The molecule has 1 aromatic carbocycles. The molecule has 3 N–H and O–H groups in total. The lowest BCUT2D eigenvalue weighted by atomic mass is 9.94. The van der Waals surface area contributed by atoms with Gasteiger partial charge in [0.2, 0.25) is 5.95 Å². The number of imidazole rings is 1. The fourth-order valence-electron chi connectivity index (χ4n) is 4.65.